The Bertz CT molecular complexity index is 250. The van der Waals surface area contributed by atoms with Crippen molar-refractivity contribution in [3.05, 3.63) is 12.3 Å². The number of nitrogens with zero attached hydrogens (tertiary/aromatic N) is 2. The van der Waals surface area contributed by atoms with Crippen molar-refractivity contribution in [3.63, 3.8) is 0 Å². The second kappa shape index (κ2) is 3.90. The van der Waals surface area contributed by atoms with Gasteiger partial charge in [0.25, 0.3) is 0 Å². The largest absolute Gasteiger partial charge is 0.467 e. The van der Waals surface area contributed by atoms with Gasteiger partial charge in [-0.2, -0.15) is 4.98 Å². The van der Waals surface area contributed by atoms with Crippen LogP contribution in [0.1, 0.15) is 13.8 Å². The van der Waals surface area contributed by atoms with Crippen molar-refractivity contribution >= 4 is 5.82 Å². The second-order valence-corrected chi connectivity index (χ2v) is 2.73. The van der Waals surface area contributed by atoms with Crippen LogP contribution in [0.4, 0.5) is 5.82 Å². The molecule has 0 radical (unpaired) electrons. The van der Waals surface area contributed by atoms with Crippen molar-refractivity contribution in [1.82, 2.24) is 9.97 Å². The molecule has 0 atom stereocenters. The van der Waals surface area contributed by atoms with Gasteiger partial charge in [0.05, 0.1) is 7.11 Å². The summed E-state index contributed by atoms with van der Waals surface area (Å²) in [5, 5.41) is 3.15. The summed E-state index contributed by atoms with van der Waals surface area (Å²) in [6.45, 7) is 4.10. The van der Waals surface area contributed by atoms with Crippen molar-refractivity contribution in [1.29, 1.82) is 0 Å². The SMILES string of the molecule is COc1nccc(NC(C)C)n1. The molecule has 66 valence electrons. The molecule has 1 aromatic heterocycles. The molecule has 12 heavy (non-hydrogen) atoms. The van der Waals surface area contributed by atoms with E-state index in [-0.39, 0.29) is 0 Å². The normalized spacial score (nSPS) is 10.0. The number of hydrogen-bond donors (Lipinski definition) is 1. The van der Waals surface area contributed by atoms with Crippen molar-refractivity contribution < 1.29 is 4.74 Å². The Morgan fingerprint density at radius 2 is 2.25 bits per heavy atom. The molecule has 0 fully saturated rings. The average Bonchev–Trinajstić information content (AvgIpc) is 2.03. The lowest BCUT2D eigenvalue weighted by Crippen LogP contribution is -2.11. The Morgan fingerprint density at radius 1 is 1.50 bits per heavy atom. The van der Waals surface area contributed by atoms with E-state index in [1.54, 1.807) is 13.3 Å². The molecular weight excluding hydrogens is 154 g/mol. The van der Waals surface area contributed by atoms with Crippen molar-refractivity contribution in [2.45, 2.75) is 19.9 Å². The smallest absolute Gasteiger partial charge is 0.318 e. The zero-order valence-corrected chi connectivity index (χ0v) is 7.53. The van der Waals surface area contributed by atoms with E-state index >= 15 is 0 Å². The predicted molar refractivity (Wildman–Crippen MR) is 47.3 cm³/mol. The first-order chi connectivity index (χ1) is 5.72. The van der Waals surface area contributed by atoms with Gasteiger partial charge in [0.15, 0.2) is 0 Å². The lowest BCUT2D eigenvalue weighted by atomic mass is 10.4. The fraction of sp³-hybridized carbons (Fsp3) is 0.500. The maximum atomic E-state index is 4.87. The van der Waals surface area contributed by atoms with E-state index in [9.17, 15) is 0 Å². The number of rotatable bonds is 3. The summed E-state index contributed by atoms with van der Waals surface area (Å²) in [5.74, 6) is 0.789. The molecule has 4 nitrogen and oxygen atoms in total. The van der Waals surface area contributed by atoms with Crippen LogP contribution < -0.4 is 10.1 Å². The Hall–Kier alpha value is -1.32. The molecule has 1 N–H and O–H groups in total. The van der Waals surface area contributed by atoms with Crippen LogP contribution in [0.5, 0.6) is 6.01 Å². The van der Waals surface area contributed by atoms with Crippen molar-refractivity contribution in [2.24, 2.45) is 0 Å². The molecule has 4 heteroatoms. The molecule has 1 rings (SSSR count). The van der Waals surface area contributed by atoms with E-state index in [1.807, 2.05) is 6.07 Å². The van der Waals surface area contributed by atoms with E-state index < -0.39 is 0 Å². The molecule has 0 aromatic carbocycles. The first-order valence-electron chi connectivity index (χ1n) is 3.86. The van der Waals surface area contributed by atoms with Crippen LogP contribution in [0.3, 0.4) is 0 Å². The van der Waals surface area contributed by atoms with Gasteiger partial charge in [0.2, 0.25) is 0 Å². The van der Waals surface area contributed by atoms with Crippen molar-refractivity contribution in [2.75, 3.05) is 12.4 Å². The average molecular weight is 167 g/mol. The van der Waals surface area contributed by atoms with E-state index in [4.69, 9.17) is 4.74 Å². The van der Waals surface area contributed by atoms with Gasteiger partial charge >= 0.3 is 6.01 Å². The third-order valence-electron chi connectivity index (χ3n) is 1.25. The Labute approximate surface area is 72.0 Å². The van der Waals surface area contributed by atoms with Gasteiger partial charge in [0, 0.05) is 12.2 Å². The molecule has 0 amide bonds. The summed E-state index contributed by atoms with van der Waals surface area (Å²) in [6.07, 6.45) is 1.66. The van der Waals surface area contributed by atoms with Gasteiger partial charge in [-0.05, 0) is 19.9 Å². The molecule has 1 heterocycles. The third-order valence-corrected chi connectivity index (χ3v) is 1.25. The van der Waals surface area contributed by atoms with E-state index in [0.29, 0.717) is 12.1 Å². The van der Waals surface area contributed by atoms with E-state index in [1.165, 1.54) is 0 Å². The maximum Gasteiger partial charge on any atom is 0.318 e. The standard InChI is InChI=1S/C8H13N3O/c1-6(2)10-7-4-5-9-8(11-7)12-3/h4-6H,1-3H3,(H,9,10,11). The molecule has 0 aliphatic heterocycles. The lowest BCUT2D eigenvalue weighted by molar-refractivity contribution is 0.380. The summed E-state index contributed by atoms with van der Waals surface area (Å²) in [6, 6.07) is 2.56. The zero-order chi connectivity index (χ0) is 8.97. The number of nitrogens with one attached hydrogen (secondary N) is 1. The molecule has 0 saturated heterocycles. The molecule has 0 aliphatic rings. The fourth-order valence-electron chi connectivity index (χ4n) is 0.815. The highest BCUT2D eigenvalue weighted by atomic mass is 16.5. The minimum atomic E-state index is 0.365. The number of methoxy groups -OCH3 is 1. The van der Waals surface area contributed by atoms with Gasteiger partial charge in [0.1, 0.15) is 5.82 Å². The van der Waals surface area contributed by atoms with Crippen molar-refractivity contribution in [3.8, 4) is 6.01 Å². The summed E-state index contributed by atoms with van der Waals surface area (Å²) in [4.78, 5) is 7.98. The topological polar surface area (TPSA) is 47.0 Å². The van der Waals surface area contributed by atoms with Crippen LogP contribution in [0, 0.1) is 0 Å². The molecule has 0 unspecified atom stereocenters. The third kappa shape index (κ3) is 2.38. The van der Waals surface area contributed by atoms with E-state index in [0.717, 1.165) is 5.82 Å². The first kappa shape index (κ1) is 8.77. The molecule has 1 aromatic rings. The highest BCUT2D eigenvalue weighted by molar-refractivity contribution is 5.34. The summed E-state index contributed by atoms with van der Waals surface area (Å²) in [5.41, 5.74) is 0. The highest BCUT2D eigenvalue weighted by Gasteiger charge is 1.98. The van der Waals surface area contributed by atoms with E-state index in [2.05, 4.69) is 29.1 Å². The second-order valence-electron chi connectivity index (χ2n) is 2.73. The number of hydrogen-bond acceptors (Lipinski definition) is 4. The summed E-state index contributed by atoms with van der Waals surface area (Å²) < 4.78 is 4.87. The summed E-state index contributed by atoms with van der Waals surface area (Å²) in [7, 11) is 1.55. The molecular formula is C8H13N3O. The van der Waals surface area contributed by atoms with Gasteiger partial charge < -0.3 is 10.1 Å². The van der Waals surface area contributed by atoms with Crippen LogP contribution in [0.15, 0.2) is 12.3 Å². The molecule has 0 bridgehead atoms. The van der Waals surface area contributed by atoms with Crippen LogP contribution in [-0.2, 0) is 0 Å². The Morgan fingerprint density at radius 3 is 2.83 bits per heavy atom. The number of ether oxygens (including phenoxy) is 1. The zero-order valence-electron chi connectivity index (χ0n) is 7.53. The fourth-order valence-corrected chi connectivity index (χ4v) is 0.815. The van der Waals surface area contributed by atoms with Crippen LogP contribution in [-0.4, -0.2) is 23.1 Å². The monoisotopic (exact) mass is 167 g/mol. The predicted octanol–water partition coefficient (Wildman–Crippen LogP) is 1.31. The maximum absolute atomic E-state index is 4.87. The number of anilines is 1. The lowest BCUT2D eigenvalue weighted by Gasteiger charge is -2.08. The van der Waals surface area contributed by atoms with Gasteiger partial charge in [-0.3, -0.25) is 0 Å². The highest BCUT2D eigenvalue weighted by Crippen LogP contribution is 2.07. The van der Waals surface area contributed by atoms with Gasteiger partial charge in [-0.15, -0.1) is 0 Å². The Balaban J connectivity index is 2.72. The first-order valence-corrected chi connectivity index (χ1v) is 3.86. The molecule has 0 aliphatic carbocycles. The van der Waals surface area contributed by atoms with Gasteiger partial charge in [-0.1, -0.05) is 0 Å². The number of aromatic nitrogens is 2. The minimum Gasteiger partial charge on any atom is -0.467 e. The Kier molecular flexibility index (Phi) is 2.85. The van der Waals surface area contributed by atoms with Crippen LogP contribution in [0.2, 0.25) is 0 Å². The van der Waals surface area contributed by atoms with Gasteiger partial charge in [-0.25, -0.2) is 4.98 Å². The summed E-state index contributed by atoms with van der Waals surface area (Å²) >= 11 is 0. The molecule has 0 spiro atoms. The van der Waals surface area contributed by atoms with Crippen LogP contribution in [0.25, 0.3) is 0 Å². The molecule has 0 saturated carbocycles. The quantitative estimate of drug-likeness (QED) is 0.737. The van der Waals surface area contributed by atoms with Crippen LogP contribution >= 0.6 is 0 Å². The minimum absolute atomic E-state index is 0.365.